The molecule has 1 amide bonds. The van der Waals surface area contributed by atoms with Crippen molar-refractivity contribution in [3.63, 3.8) is 0 Å². The first kappa shape index (κ1) is 19.2. The van der Waals surface area contributed by atoms with E-state index in [1.54, 1.807) is 6.07 Å². The van der Waals surface area contributed by atoms with Gasteiger partial charge in [0.2, 0.25) is 0 Å². The maximum atomic E-state index is 13.4. The van der Waals surface area contributed by atoms with E-state index in [9.17, 15) is 31.1 Å². The van der Waals surface area contributed by atoms with Crippen LogP contribution < -0.4 is 10.6 Å². The molecule has 1 aliphatic heterocycles. The molecule has 0 unspecified atom stereocenters. The molecule has 1 heterocycles. The summed E-state index contributed by atoms with van der Waals surface area (Å²) in [7, 11) is 0. The predicted octanol–water partition coefficient (Wildman–Crippen LogP) is 4.34. The highest BCUT2D eigenvalue weighted by atomic mass is 19.4. The molecule has 144 valence electrons. The molecule has 2 N–H and O–H groups in total. The maximum absolute atomic E-state index is 13.4. The zero-order valence-electron chi connectivity index (χ0n) is 13.7. The van der Waals surface area contributed by atoms with Crippen LogP contribution in [0.15, 0.2) is 42.5 Å². The summed E-state index contributed by atoms with van der Waals surface area (Å²) in [6, 6.07) is 4.71. The normalized spacial score (nSPS) is 15.3. The molecule has 2 aromatic carbocycles. The molecular formula is C18H14F6N2O. The molecule has 0 aliphatic carbocycles. The van der Waals surface area contributed by atoms with Crippen LogP contribution in [0.4, 0.5) is 26.3 Å². The molecule has 9 heteroatoms. The van der Waals surface area contributed by atoms with E-state index in [0.29, 0.717) is 37.4 Å². The van der Waals surface area contributed by atoms with Crippen LogP contribution in [0.2, 0.25) is 0 Å². The third kappa shape index (κ3) is 4.24. The lowest BCUT2D eigenvalue weighted by molar-refractivity contribution is -0.155. The first-order valence-corrected chi connectivity index (χ1v) is 7.93. The second-order valence-corrected chi connectivity index (χ2v) is 6.15. The van der Waals surface area contributed by atoms with Crippen molar-refractivity contribution in [3.05, 3.63) is 70.3 Å². The first-order valence-electron chi connectivity index (χ1n) is 7.93. The molecule has 0 radical (unpaired) electrons. The fourth-order valence-electron chi connectivity index (χ4n) is 2.87. The molecule has 0 fully saturated rings. The number of hydrogen-bond acceptors (Lipinski definition) is 2. The van der Waals surface area contributed by atoms with Gasteiger partial charge in [0.1, 0.15) is 0 Å². The van der Waals surface area contributed by atoms with Crippen molar-refractivity contribution in [1.82, 2.24) is 10.6 Å². The van der Waals surface area contributed by atoms with Crippen LogP contribution in [0.3, 0.4) is 0 Å². The van der Waals surface area contributed by atoms with Crippen LogP contribution in [0, 0.1) is 0 Å². The largest absolute Gasteiger partial charge is 0.416 e. The van der Waals surface area contributed by atoms with Crippen molar-refractivity contribution in [2.75, 3.05) is 0 Å². The SMILES string of the molecule is O=C(N[C@H](c1ccc(C(F)(F)F)cc1)C(F)(F)F)c1ccc2c(c1)CNC2. The van der Waals surface area contributed by atoms with Crippen molar-refractivity contribution >= 4 is 5.91 Å². The number of nitrogens with one attached hydrogen (secondary N) is 2. The average Bonchev–Trinajstić information content (AvgIpc) is 3.05. The Morgan fingerprint density at radius 3 is 2.15 bits per heavy atom. The van der Waals surface area contributed by atoms with Crippen LogP contribution in [0.5, 0.6) is 0 Å². The van der Waals surface area contributed by atoms with Crippen molar-refractivity contribution in [3.8, 4) is 0 Å². The summed E-state index contributed by atoms with van der Waals surface area (Å²) in [6.45, 7) is 1.13. The van der Waals surface area contributed by atoms with Crippen molar-refractivity contribution in [2.24, 2.45) is 0 Å². The molecule has 0 spiro atoms. The minimum absolute atomic E-state index is 0.0543. The topological polar surface area (TPSA) is 41.1 Å². The van der Waals surface area contributed by atoms with E-state index in [1.807, 2.05) is 5.32 Å². The van der Waals surface area contributed by atoms with Crippen molar-refractivity contribution < 1.29 is 31.1 Å². The van der Waals surface area contributed by atoms with E-state index in [-0.39, 0.29) is 5.56 Å². The summed E-state index contributed by atoms with van der Waals surface area (Å²) in [5, 5.41) is 4.93. The van der Waals surface area contributed by atoms with Crippen LogP contribution >= 0.6 is 0 Å². The molecule has 3 rings (SSSR count). The van der Waals surface area contributed by atoms with Gasteiger partial charge in [-0.3, -0.25) is 4.79 Å². The molecule has 3 nitrogen and oxygen atoms in total. The van der Waals surface area contributed by atoms with E-state index in [2.05, 4.69) is 5.32 Å². The Hall–Kier alpha value is -2.55. The van der Waals surface area contributed by atoms with Gasteiger partial charge in [-0.25, -0.2) is 0 Å². The van der Waals surface area contributed by atoms with E-state index in [4.69, 9.17) is 0 Å². The Morgan fingerprint density at radius 2 is 1.56 bits per heavy atom. The summed E-state index contributed by atoms with van der Waals surface area (Å²) in [6.07, 6.45) is -9.53. The van der Waals surface area contributed by atoms with E-state index in [0.717, 1.165) is 11.1 Å². The van der Waals surface area contributed by atoms with Gasteiger partial charge >= 0.3 is 12.4 Å². The van der Waals surface area contributed by atoms with Crippen LogP contribution in [-0.4, -0.2) is 12.1 Å². The highest BCUT2D eigenvalue weighted by molar-refractivity contribution is 5.94. The standard InChI is InChI=1S/C18H14F6N2O/c19-17(20,21)14-5-3-10(4-6-14)15(18(22,23)24)26-16(27)11-1-2-12-8-25-9-13(12)7-11/h1-7,15,25H,8-9H2,(H,26,27)/t15-/m1/s1. The number of fused-ring (bicyclic) bond motifs is 1. The molecule has 1 aliphatic rings. The zero-order valence-corrected chi connectivity index (χ0v) is 13.7. The summed E-state index contributed by atoms with van der Waals surface area (Å²) >= 11 is 0. The smallest absolute Gasteiger partial charge is 0.337 e. The molecule has 2 aromatic rings. The number of amides is 1. The fraction of sp³-hybridized carbons (Fsp3) is 0.278. The Bertz CT molecular complexity index is 842. The molecule has 27 heavy (non-hydrogen) atoms. The summed E-state index contributed by atoms with van der Waals surface area (Å²) in [4.78, 5) is 12.3. The Balaban J connectivity index is 1.84. The molecule has 0 saturated heterocycles. The molecule has 0 saturated carbocycles. The van der Waals surface area contributed by atoms with Crippen molar-refractivity contribution in [2.45, 2.75) is 31.5 Å². The number of hydrogen-bond donors (Lipinski definition) is 2. The van der Waals surface area contributed by atoms with Gasteiger partial charge < -0.3 is 10.6 Å². The third-order valence-electron chi connectivity index (χ3n) is 4.27. The van der Waals surface area contributed by atoms with Gasteiger partial charge in [0.15, 0.2) is 6.04 Å². The number of carbonyl (C=O) groups is 1. The minimum Gasteiger partial charge on any atom is -0.337 e. The van der Waals surface area contributed by atoms with Gasteiger partial charge in [-0.15, -0.1) is 0 Å². The number of rotatable bonds is 3. The van der Waals surface area contributed by atoms with Gasteiger partial charge in [-0.05, 0) is 41.0 Å². The predicted molar refractivity (Wildman–Crippen MR) is 84.7 cm³/mol. The van der Waals surface area contributed by atoms with Crippen LogP contribution in [0.25, 0.3) is 0 Å². The molecule has 1 atom stereocenters. The van der Waals surface area contributed by atoms with Crippen LogP contribution in [0.1, 0.15) is 38.7 Å². The minimum atomic E-state index is -4.87. The zero-order chi connectivity index (χ0) is 19.8. The quantitative estimate of drug-likeness (QED) is 0.768. The first-order chi connectivity index (χ1) is 12.6. The molecule has 0 aromatic heterocycles. The highest BCUT2D eigenvalue weighted by Gasteiger charge is 2.42. The highest BCUT2D eigenvalue weighted by Crippen LogP contribution is 2.35. The van der Waals surface area contributed by atoms with Gasteiger partial charge in [-0.2, -0.15) is 26.3 Å². The lowest BCUT2D eigenvalue weighted by Crippen LogP contribution is -2.38. The molecular weight excluding hydrogens is 374 g/mol. The lowest BCUT2D eigenvalue weighted by Gasteiger charge is -2.22. The second-order valence-electron chi connectivity index (χ2n) is 6.15. The second kappa shape index (κ2) is 6.88. The maximum Gasteiger partial charge on any atom is 0.416 e. The van der Waals surface area contributed by atoms with Gasteiger partial charge in [0, 0.05) is 18.7 Å². The van der Waals surface area contributed by atoms with Gasteiger partial charge in [0.05, 0.1) is 5.56 Å². The van der Waals surface area contributed by atoms with Crippen LogP contribution in [-0.2, 0) is 19.3 Å². The third-order valence-corrected chi connectivity index (χ3v) is 4.27. The molecule has 0 bridgehead atoms. The fourth-order valence-corrected chi connectivity index (χ4v) is 2.87. The number of carbonyl (C=O) groups excluding carboxylic acids is 1. The Morgan fingerprint density at radius 1 is 0.926 bits per heavy atom. The number of alkyl halides is 6. The monoisotopic (exact) mass is 388 g/mol. The van der Waals surface area contributed by atoms with E-state index in [1.165, 1.54) is 12.1 Å². The average molecular weight is 388 g/mol. The number of benzene rings is 2. The summed E-state index contributed by atoms with van der Waals surface area (Å²) < 4.78 is 78.0. The van der Waals surface area contributed by atoms with Crippen molar-refractivity contribution in [1.29, 1.82) is 0 Å². The van der Waals surface area contributed by atoms with E-state index < -0.39 is 35.4 Å². The Kier molecular flexibility index (Phi) is 4.90. The lowest BCUT2D eigenvalue weighted by atomic mass is 10.0. The van der Waals surface area contributed by atoms with Gasteiger partial charge in [-0.1, -0.05) is 18.2 Å². The van der Waals surface area contributed by atoms with E-state index >= 15 is 0 Å². The summed E-state index contributed by atoms with van der Waals surface area (Å²) in [5.41, 5.74) is 0.289. The van der Waals surface area contributed by atoms with Gasteiger partial charge in [0.25, 0.3) is 5.91 Å². The Labute approximate surface area is 150 Å². The summed E-state index contributed by atoms with van der Waals surface area (Å²) in [5.74, 6) is -0.952. The number of halogens is 6.